The Morgan fingerprint density at radius 2 is 1.93 bits per heavy atom. The summed E-state index contributed by atoms with van der Waals surface area (Å²) in [6, 6.07) is 13.2. The molecule has 0 bridgehead atoms. The van der Waals surface area contributed by atoms with Gasteiger partial charge in [-0.25, -0.2) is 14.1 Å². The van der Waals surface area contributed by atoms with E-state index in [4.69, 9.17) is 16.3 Å². The molecule has 0 spiro atoms. The van der Waals surface area contributed by atoms with Gasteiger partial charge in [0.15, 0.2) is 5.82 Å². The van der Waals surface area contributed by atoms with Crippen LogP contribution in [-0.4, -0.2) is 26.5 Å². The maximum Gasteiger partial charge on any atom is 0.252 e. The van der Waals surface area contributed by atoms with Crippen molar-refractivity contribution in [2.24, 2.45) is 0 Å². The van der Waals surface area contributed by atoms with Crippen LogP contribution in [0, 0.1) is 5.82 Å². The molecule has 0 unspecified atom stereocenters. The number of ether oxygens (including phenoxy) is 1. The van der Waals surface area contributed by atoms with Gasteiger partial charge in [0, 0.05) is 0 Å². The summed E-state index contributed by atoms with van der Waals surface area (Å²) in [6.07, 6.45) is 0. The first-order valence-corrected chi connectivity index (χ1v) is 9.47. The number of halogens is 2. The molecule has 138 valence electrons. The number of hydrogen-bond acceptors (Lipinski definition) is 5. The molecule has 6 nitrogen and oxygen atoms in total. The molecule has 0 radical (unpaired) electrons. The fraction of sp³-hybridized carbons (Fsp3) is 0.167. The number of rotatable bonds is 5. The minimum absolute atomic E-state index is 0.0874. The number of para-hydroxylation sites is 1. The van der Waals surface area contributed by atoms with E-state index < -0.39 is 0 Å². The van der Waals surface area contributed by atoms with Crippen LogP contribution in [0.5, 0.6) is 5.75 Å². The van der Waals surface area contributed by atoms with Crippen molar-refractivity contribution in [3.8, 4) is 5.75 Å². The molecule has 1 amide bonds. The molecule has 1 aliphatic rings. The topological polar surface area (TPSA) is 60.2 Å². The lowest BCUT2D eigenvalue weighted by Crippen LogP contribution is -2.45. The summed E-state index contributed by atoms with van der Waals surface area (Å²) >= 11 is 7.43. The van der Waals surface area contributed by atoms with Gasteiger partial charge in [-0.05, 0) is 29.8 Å². The molecule has 0 aliphatic carbocycles. The van der Waals surface area contributed by atoms with Gasteiger partial charge >= 0.3 is 0 Å². The van der Waals surface area contributed by atoms with Crippen LogP contribution in [0.25, 0.3) is 0 Å². The highest BCUT2D eigenvalue weighted by Crippen LogP contribution is 2.27. The van der Waals surface area contributed by atoms with E-state index in [0.29, 0.717) is 21.8 Å². The third-order valence-corrected chi connectivity index (χ3v) is 5.19. The van der Waals surface area contributed by atoms with Crippen LogP contribution in [0.4, 0.5) is 4.39 Å². The van der Waals surface area contributed by atoms with Crippen molar-refractivity contribution < 1.29 is 13.9 Å². The zero-order valence-corrected chi connectivity index (χ0v) is 15.6. The highest BCUT2D eigenvalue weighted by Gasteiger charge is 2.29. The average Bonchev–Trinajstić information content (AvgIpc) is 3.08. The number of carbonyl (C=O) groups is 1. The van der Waals surface area contributed by atoms with Gasteiger partial charge in [-0.1, -0.05) is 47.6 Å². The second-order valence-corrected chi connectivity index (χ2v) is 7.15. The fourth-order valence-electron chi connectivity index (χ4n) is 2.66. The summed E-state index contributed by atoms with van der Waals surface area (Å²) in [5, 5.41) is 10.9. The number of benzene rings is 2. The van der Waals surface area contributed by atoms with Gasteiger partial charge in [0.2, 0.25) is 5.16 Å². The Labute approximate surface area is 163 Å². The van der Waals surface area contributed by atoms with Crippen LogP contribution in [0.3, 0.4) is 0 Å². The Morgan fingerprint density at radius 1 is 1.15 bits per heavy atom. The molecule has 0 saturated heterocycles. The molecular formula is C18H14ClFN4O2S. The van der Waals surface area contributed by atoms with Crippen molar-refractivity contribution in [3.05, 3.63) is 70.8 Å². The van der Waals surface area contributed by atoms with E-state index in [-0.39, 0.29) is 30.6 Å². The van der Waals surface area contributed by atoms with Gasteiger partial charge in [0.25, 0.3) is 5.91 Å². The van der Waals surface area contributed by atoms with E-state index in [1.165, 1.54) is 23.9 Å². The molecular weight excluding hydrogens is 391 g/mol. The Morgan fingerprint density at radius 3 is 2.70 bits per heavy atom. The summed E-state index contributed by atoms with van der Waals surface area (Å²) in [4.78, 5) is 12.5. The summed E-state index contributed by atoms with van der Waals surface area (Å²) in [5.41, 5.74) is 0.800. The molecule has 1 aliphatic heterocycles. The largest absolute Gasteiger partial charge is 0.484 e. The molecule has 0 N–H and O–H groups in total. The third-order valence-electron chi connectivity index (χ3n) is 3.97. The maximum absolute atomic E-state index is 13.2. The van der Waals surface area contributed by atoms with E-state index in [1.807, 2.05) is 12.1 Å². The van der Waals surface area contributed by atoms with E-state index in [1.54, 1.807) is 34.0 Å². The summed E-state index contributed by atoms with van der Waals surface area (Å²) in [6.45, 7) is 0.383. The van der Waals surface area contributed by atoms with Crippen molar-refractivity contribution >= 4 is 29.3 Å². The molecule has 27 heavy (non-hydrogen) atoms. The molecule has 1 aromatic heterocycles. The van der Waals surface area contributed by atoms with Crippen LogP contribution in [-0.2, 0) is 17.9 Å². The minimum Gasteiger partial charge on any atom is -0.484 e. The molecule has 2 aromatic carbocycles. The number of hydrogen-bond donors (Lipinski definition) is 0. The molecule has 0 saturated carbocycles. The van der Waals surface area contributed by atoms with Gasteiger partial charge in [0.05, 0.1) is 17.3 Å². The minimum atomic E-state index is -0.321. The Hall–Kier alpha value is -2.58. The average molecular weight is 405 g/mol. The lowest BCUT2D eigenvalue weighted by atomic mass is 10.2. The Kier molecular flexibility index (Phi) is 5.00. The smallest absolute Gasteiger partial charge is 0.252 e. The summed E-state index contributed by atoms with van der Waals surface area (Å²) < 4.78 is 20.5. The van der Waals surface area contributed by atoms with E-state index >= 15 is 0 Å². The molecule has 0 fully saturated rings. The number of nitrogens with zero attached hydrogens (tertiary/aromatic N) is 4. The van der Waals surface area contributed by atoms with Gasteiger partial charge in [-0.3, -0.25) is 4.79 Å². The third kappa shape index (κ3) is 3.77. The zero-order valence-electron chi connectivity index (χ0n) is 14.0. The van der Waals surface area contributed by atoms with Crippen LogP contribution in [0.2, 0.25) is 5.02 Å². The molecule has 9 heteroatoms. The molecule has 0 atom stereocenters. The van der Waals surface area contributed by atoms with Crippen molar-refractivity contribution in [1.29, 1.82) is 0 Å². The number of carbonyl (C=O) groups excluding carboxylic acids is 1. The lowest BCUT2D eigenvalue weighted by molar-refractivity contribution is -0.118. The second-order valence-electron chi connectivity index (χ2n) is 5.80. The van der Waals surface area contributed by atoms with Gasteiger partial charge in [-0.15, -0.1) is 10.2 Å². The first-order chi connectivity index (χ1) is 13.1. The highest BCUT2D eigenvalue weighted by atomic mass is 35.5. The van der Waals surface area contributed by atoms with E-state index in [9.17, 15) is 9.18 Å². The SMILES string of the molecule is O=C1CSc2nnc(COc3ccccc3Cl)n2N1Cc1ccc(F)cc1. The predicted molar refractivity (Wildman–Crippen MR) is 99.9 cm³/mol. The number of thioether (sulfide) groups is 1. The summed E-state index contributed by atoms with van der Waals surface area (Å²) in [5.74, 6) is 0.864. The van der Waals surface area contributed by atoms with Crippen molar-refractivity contribution in [3.63, 3.8) is 0 Å². The summed E-state index contributed by atoms with van der Waals surface area (Å²) in [7, 11) is 0. The lowest BCUT2D eigenvalue weighted by Gasteiger charge is -2.29. The fourth-order valence-corrected chi connectivity index (χ4v) is 3.67. The quantitative estimate of drug-likeness (QED) is 0.652. The first-order valence-electron chi connectivity index (χ1n) is 8.11. The Balaban J connectivity index is 1.59. The highest BCUT2D eigenvalue weighted by molar-refractivity contribution is 7.99. The number of aromatic nitrogens is 3. The Bertz CT molecular complexity index is 980. The standard InChI is InChI=1S/C18H14ClFN4O2S/c19-14-3-1-2-4-15(14)26-10-16-21-22-18-24(16)23(17(25)11-27-18)9-12-5-7-13(20)8-6-12/h1-8H,9-11H2. The van der Waals surface area contributed by atoms with E-state index in [0.717, 1.165) is 5.56 Å². The molecule has 3 aromatic rings. The van der Waals surface area contributed by atoms with Gasteiger partial charge in [-0.2, -0.15) is 0 Å². The monoisotopic (exact) mass is 404 g/mol. The molecule has 4 rings (SSSR count). The van der Waals surface area contributed by atoms with E-state index in [2.05, 4.69) is 10.2 Å². The van der Waals surface area contributed by atoms with Crippen molar-refractivity contribution in [2.75, 3.05) is 10.8 Å². The van der Waals surface area contributed by atoms with Crippen LogP contribution in [0.15, 0.2) is 53.7 Å². The number of fused-ring (bicyclic) bond motifs is 1. The van der Waals surface area contributed by atoms with Gasteiger partial charge in [0.1, 0.15) is 18.2 Å². The van der Waals surface area contributed by atoms with Crippen LogP contribution in [0.1, 0.15) is 11.4 Å². The van der Waals surface area contributed by atoms with Crippen molar-refractivity contribution in [1.82, 2.24) is 14.9 Å². The predicted octanol–water partition coefficient (Wildman–Crippen LogP) is 3.42. The first kappa shape index (κ1) is 17.8. The van der Waals surface area contributed by atoms with Crippen LogP contribution >= 0.6 is 23.4 Å². The van der Waals surface area contributed by atoms with Crippen LogP contribution < -0.4 is 9.75 Å². The maximum atomic E-state index is 13.2. The normalized spacial score (nSPS) is 13.6. The second kappa shape index (κ2) is 7.58. The van der Waals surface area contributed by atoms with Gasteiger partial charge < -0.3 is 4.74 Å². The van der Waals surface area contributed by atoms with Crippen molar-refractivity contribution in [2.45, 2.75) is 18.3 Å². The number of amides is 1. The zero-order chi connectivity index (χ0) is 18.8. The molecule has 2 heterocycles.